The fourth-order valence-electron chi connectivity index (χ4n) is 4.31. The van der Waals surface area contributed by atoms with E-state index in [0.29, 0.717) is 29.1 Å². The molecule has 2 atom stereocenters. The Hall–Kier alpha value is -1.04. The number of halogens is 2. The molecule has 0 bridgehead atoms. The predicted octanol–water partition coefficient (Wildman–Crippen LogP) is 8.68. The van der Waals surface area contributed by atoms with Crippen molar-refractivity contribution in [1.29, 1.82) is 0 Å². The third-order valence-corrected chi connectivity index (χ3v) is 7.18. The van der Waals surface area contributed by atoms with Gasteiger partial charge in [-0.25, -0.2) is 0 Å². The Morgan fingerprint density at radius 2 is 1.43 bits per heavy atom. The molecule has 10 nitrogen and oxygen atoms in total. The molecule has 0 aromatic carbocycles. The second-order valence-corrected chi connectivity index (χ2v) is 22.7. The first-order valence-corrected chi connectivity index (χ1v) is 25.7. The molecule has 0 aromatic heterocycles. The molecule has 283 valence electrons. The van der Waals surface area contributed by atoms with Crippen LogP contribution >= 0.6 is 40.0 Å². The standard InChI is InChI=1S/C18H30O5.C15H22O3.C3H8O2.2HI.V/c1-5-8-15(10-7-9-14(3)6-2)16(18(20)21)13-17(19)23-12-11-22-4;1-4-7-12(9-6-8-11(3)5-2)13-10-14(16)18-15(13)17;1-5-3-2-4;;;/h8-9,16H,5-7,10-13H2,1-4H3,(H,20,21);7-8,13H,4-6,9-10H2,1-3H3;4H,2-3H2,1H3;2*1H;/q;;;;;+2/p-2/b14-9+,15-8-;11-8+,12-7-;;;;. The fraction of sp³-hybridized carbons (Fsp3) is 0.667. The summed E-state index contributed by atoms with van der Waals surface area (Å²) in [6.45, 7) is 13.4. The van der Waals surface area contributed by atoms with E-state index in [1.807, 2.05) is 19.9 Å². The fourth-order valence-corrected chi connectivity index (χ4v) is 4.31. The molecule has 13 heteroatoms. The molecule has 1 fully saturated rings. The number of carboxylic acids is 1. The molecule has 1 aliphatic heterocycles. The van der Waals surface area contributed by atoms with Crippen LogP contribution in [0.5, 0.6) is 0 Å². The van der Waals surface area contributed by atoms with E-state index in [0.717, 1.165) is 56.1 Å². The molecule has 1 heterocycles. The second kappa shape index (κ2) is 36.7. The molecule has 1 rings (SSSR count). The second-order valence-electron chi connectivity index (χ2n) is 10.9. The van der Waals surface area contributed by atoms with Crippen molar-refractivity contribution in [2.75, 3.05) is 40.6 Å². The molecular weight excluding hydrogens is 897 g/mol. The van der Waals surface area contributed by atoms with Crippen molar-refractivity contribution in [3.8, 4) is 0 Å². The Bertz CT molecular complexity index is 1040. The summed E-state index contributed by atoms with van der Waals surface area (Å²) in [6, 6.07) is 0. The van der Waals surface area contributed by atoms with Crippen LogP contribution in [-0.4, -0.2) is 74.7 Å². The minimum atomic E-state index is -0.982. The molecule has 1 aliphatic rings. The van der Waals surface area contributed by atoms with Crippen LogP contribution in [0.3, 0.4) is 0 Å². The number of ether oxygens (including phenoxy) is 4. The van der Waals surface area contributed by atoms with Gasteiger partial charge >= 0.3 is 73.3 Å². The molecule has 0 spiro atoms. The van der Waals surface area contributed by atoms with Crippen LogP contribution in [0.25, 0.3) is 0 Å². The van der Waals surface area contributed by atoms with Gasteiger partial charge in [-0.2, -0.15) is 0 Å². The van der Waals surface area contributed by atoms with E-state index in [1.54, 1.807) is 7.11 Å². The molecule has 0 saturated carbocycles. The van der Waals surface area contributed by atoms with Crippen molar-refractivity contribution in [2.45, 2.75) is 106 Å². The Labute approximate surface area is 324 Å². The van der Waals surface area contributed by atoms with Crippen LogP contribution in [-0.2, 0) is 47.6 Å². The maximum atomic E-state index is 11.8. The summed E-state index contributed by atoms with van der Waals surface area (Å²) in [4.78, 5) is 46.0. The van der Waals surface area contributed by atoms with Crippen molar-refractivity contribution in [3.05, 3.63) is 46.6 Å². The van der Waals surface area contributed by atoms with Gasteiger partial charge in [0.1, 0.15) is 6.61 Å². The molecule has 2 unspecified atom stereocenters. The number of aliphatic hydroxyl groups excluding tert-OH is 1. The maximum absolute atomic E-state index is 11.8. The third-order valence-electron chi connectivity index (χ3n) is 7.18. The molecule has 49 heavy (non-hydrogen) atoms. The predicted molar refractivity (Wildman–Crippen MR) is 208 cm³/mol. The molecule has 2 N–H and O–H groups in total. The van der Waals surface area contributed by atoms with Gasteiger partial charge in [0.2, 0.25) is 0 Å². The van der Waals surface area contributed by atoms with Crippen molar-refractivity contribution < 1.29 is 57.8 Å². The number of cyclic esters (lactones) is 2. The van der Waals surface area contributed by atoms with E-state index in [4.69, 9.17) is 14.6 Å². The summed E-state index contributed by atoms with van der Waals surface area (Å²) in [5.41, 5.74) is 4.49. The Morgan fingerprint density at radius 1 is 0.898 bits per heavy atom. The van der Waals surface area contributed by atoms with Gasteiger partial charge in [-0.3, -0.25) is 19.2 Å². The van der Waals surface area contributed by atoms with Crippen LogP contribution in [0.2, 0.25) is 0 Å². The SMILES string of the molecule is CC/C=C(/CC/C=C(\C)CC)C(CC(=O)OCCOC)C(=O)O.CC/C=C(/CC/C=C(\C)CC)C1CC(=O)OC1=O.COCCO.[I][V][I]. The number of carbonyl (C=O) groups is 4. The van der Waals surface area contributed by atoms with E-state index in [1.165, 1.54) is 18.3 Å². The number of rotatable bonds is 20. The van der Waals surface area contributed by atoms with E-state index in [-0.39, 0.29) is 37.9 Å². The first kappa shape index (κ1) is 52.3. The molecule has 0 aliphatic carbocycles. The van der Waals surface area contributed by atoms with E-state index < -0.39 is 23.8 Å². The summed E-state index contributed by atoms with van der Waals surface area (Å²) >= 11 is 4.74. The van der Waals surface area contributed by atoms with Crippen LogP contribution in [0, 0.1) is 11.8 Å². The number of aliphatic hydroxyl groups is 1. The Balaban J connectivity index is -0.000000718. The first-order chi connectivity index (χ1) is 23.4. The van der Waals surface area contributed by atoms with Gasteiger partial charge < -0.3 is 29.2 Å². The minimum absolute atomic E-state index is 0.122. The van der Waals surface area contributed by atoms with Crippen LogP contribution < -0.4 is 0 Å². The van der Waals surface area contributed by atoms with Crippen molar-refractivity contribution >= 4 is 63.8 Å². The monoisotopic (exact) mass is 957 g/mol. The number of allylic oxidation sites excluding steroid dienone is 6. The van der Waals surface area contributed by atoms with Crippen LogP contribution in [0.4, 0.5) is 0 Å². The van der Waals surface area contributed by atoms with Crippen LogP contribution in [0.15, 0.2) is 46.6 Å². The van der Waals surface area contributed by atoms with Crippen molar-refractivity contribution in [3.63, 3.8) is 0 Å². The normalized spacial score (nSPS) is 15.4. The number of carboxylic acid groups (broad SMARTS) is 1. The Kier molecular flexibility index (Phi) is 39.2. The summed E-state index contributed by atoms with van der Waals surface area (Å²) in [5.74, 6) is -3.42. The Morgan fingerprint density at radius 3 is 1.82 bits per heavy atom. The number of carbonyl (C=O) groups excluding carboxylic acids is 3. The number of hydrogen-bond acceptors (Lipinski definition) is 9. The van der Waals surface area contributed by atoms with Gasteiger partial charge in [0, 0.05) is 14.2 Å². The molecule has 0 amide bonds. The zero-order valence-electron chi connectivity index (χ0n) is 30.7. The number of methoxy groups -OCH3 is 2. The van der Waals surface area contributed by atoms with Gasteiger partial charge in [-0.1, -0.05) is 74.3 Å². The van der Waals surface area contributed by atoms with E-state index >= 15 is 0 Å². The average Bonchev–Trinajstić information content (AvgIpc) is 3.41. The zero-order chi connectivity index (χ0) is 38.0. The topological polar surface area (TPSA) is 146 Å². The molecular formula is C36H60I2O10V. The number of aliphatic carboxylic acids is 1. The van der Waals surface area contributed by atoms with Gasteiger partial charge in [-0.05, 0) is 65.2 Å². The average molecular weight is 958 g/mol. The first-order valence-electron chi connectivity index (χ1n) is 16.7. The van der Waals surface area contributed by atoms with E-state index in [2.05, 4.69) is 95.4 Å². The van der Waals surface area contributed by atoms with Gasteiger partial charge in [0.15, 0.2) is 0 Å². The summed E-state index contributed by atoms with van der Waals surface area (Å²) < 4.78 is 18.8. The van der Waals surface area contributed by atoms with Gasteiger partial charge in [0.05, 0.1) is 44.5 Å². The van der Waals surface area contributed by atoms with Gasteiger partial charge in [-0.15, -0.1) is 0 Å². The molecule has 1 saturated heterocycles. The van der Waals surface area contributed by atoms with Crippen molar-refractivity contribution in [2.24, 2.45) is 11.8 Å². The van der Waals surface area contributed by atoms with Gasteiger partial charge in [0.25, 0.3) is 0 Å². The quantitative estimate of drug-likeness (QED) is 0.0400. The number of esters is 3. The zero-order valence-corrected chi connectivity index (χ0v) is 36.4. The summed E-state index contributed by atoms with van der Waals surface area (Å²) in [6.07, 6.45) is 15.2. The van der Waals surface area contributed by atoms with E-state index in [9.17, 15) is 24.3 Å². The van der Waals surface area contributed by atoms with Crippen LogP contribution in [0.1, 0.15) is 106 Å². The number of hydrogen-bond donors (Lipinski definition) is 2. The third kappa shape index (κ3) is 30.3. The summed E-state index contributed by atoms with van der Waals surface area (Å²) in [5, 5.41) is 17.4. The molecule has 0 aromatic rings. The molecule has 0 radical (unpaired) electrons. The van der Waals surface area contributed by atoms with Crippen molar-refractivity contribution in [1.82, 2.24) is 0 Å². The summed E-state index contributed by atoms with van der Waals surface area (Å²) in [7, 11) is 3.69.